The fourth-order valence-corrected chi connectivity index (χ4v) is 5.12. The SMILES string of the molecule is c1ccc2c(c1)c1c(c3ccccc32)N(C2CCCCCCC2)CCN1. The molecule has 3 aromatic rings. The third-order valence-corrected chi connectivity index (χ3v) is 6.36. The molecule has 0 radical (unpaired) electrons. The van der Waals surface area contributed by atoms with Gasteiger partial charge in [0.05, 0.1) is 11.4 Å². The lowest BCUT2D eigenvalue weighted by Gasteiger charge is -2.40. The number of hydrogen-bond acceptors (Lipinski definition) is 2. The Balaban J connectivity index is 1.72. The van der Waals surface area contributed by atoms with Crippen LogP contribution in [0.3, 0.4) is 0 Å². The molecule has 0 bridgehead atoms. The maximum Gasteiger partial charge on any atom is 0.0691 e. The summed E-state index contributed by atoms with van der Waals surface area (Å²) in [5, 5.41) is 9.30. The predicted molar refractivity (Wildman–Crippen MR) is 113 cm³/mol. The molecule has 1 N–H and O–H groups in total. The van der Waals surface area contributed by atoms with Crippen LogP contribution in [-0.2, 0) is 0 Å². The lowest BCUT2D eigenvalue weighted by atomic mass is 9.92. The van der Waals surface area contributed by atoms with Crippen molar-refractivity contribution in [3.05, 3.63) is 48.5 Å². The van der Waals surface area contributed by atoms with Gasteiger partial charge in [0.15, 0.2) is 0 Å². The fourth-order valence-electron chi connectivity index (χ4n) is 5.12. The minimum Gasteiger partial charge on any atom is -0.381 e. The summed E-state index contributed by atoms with van der Waals surface area (Å²) in [7, 11) is 0. The summed E-state index contributed by atoms with van der Waals surface area (Å²) in [4.78, 5) is 2.76. The molecule has 0 spiro atoms. The molecule has 0 saturated heterocycles. The molecule has 26 heavy (non-hydrogen) atoms. The number of nitrogens with one attached hydrogen (secondary N) is 1. The first kappa shape index (κ1) is 16.0. The smallest absolute Gasteiger partial charge is 0.0691 e. The molecule has 1 fully saturated rings. The summed E-state index contributed by atoms with van der Waals surface area (Å²) in [6, 6.07) is 18.6. The number of rotatable bonds is 1. The second-order valence-electron chi connectivity index (χ2n) is 7.93. The maximum atomic E-state index is 3.75. The number of hydrogen-bond donors (Lipinski definition) is 1. The van der Waals surface area contributed by atoms with E-state index in [1.54, 1.807) is 0 Å². The quantitative estimate of drug-likeness (QED) is 0.518. The largest absolute Gasteiger partial charge is 0.381 e. The molecule has 0 unspecified atom stereocenters. The highest BCUT2D eigenvalue weighted by Gasteiger charge is 2.27. The molecule has 1 aliphatic carbocycles. The van der Waals surface area contributed by atoms with Crippen molar-refractivity contribution < 1.29 is 0 Å². The third-order valence-electron chi connectivity index (χ3n) is 6.36. The molecular formula is C24H28N2. The van der Waals surface area contributed by atoms with E-state index < -0.39 is 0 Å². The van der Waals surface area contributed by atoms with Crippen molar-refractivity contribution in [2.75, 3.05) is 23.3 Å². The van der Waals surface area contributed by atoms with Crippen LogP contribution in [0.2, 0.25) is 0 Å². The van der Waals surface area contributed by atoms with Gasteiger partial charge in [-0.05, 0) is 23.6 Å². The van der Waals surface area contributed by atoms with E-state index in [4.69, 9.17) is 0 Å². The molecular weight excluding hydrogens is 316 g/mol. The topological polar surface area (TPSA) is 15.3 Å². The molecule has 1 saturated carbocycles. The molecule has 5 rings (SSSR count). The zero-order chi connectivity index (χ0) is 17.3. The van der Waals surface area contributed by atoms with Crippen LogP contribution in [0.15, 0.2) is 48.5 Å². The summed E-state index contributed by atoms with van der Waals surface area (Å²) in [5.41, 5.74) is 2.81. The van der Waals surface area contributed by atoms with Crippen molar-refractivity contribution in [3.63, 3.8) is 0 Å². The summed E-state index contributed by atoms with van der Waals surface area (Å²) in [5.74, 6) is 0. The maximum absolute atomic E-state index is 3.75. The second-order valence-corrected chi connectivity index (χ2v) is 7.93. The fraction of sp³-hybridized carbons (Fsp3) is 0.417. The monoisotopic (exact) mass is 344 g/mol. The summed E-state index contributed by atoms with van der Waals surface area (Å²) in [6.07, 6.45) is 9.71. The highest BCUT2D eigenvalue weighted by atomic mass is 15.2. The summed E-state index contributed by atoms with van der Waals surface area (Å²) < 4.78 is 0. The molecule has 0 amide bonds. The summed E-state index contributed by atoms with van der Waals surface area (Å²) in [6.45, 7) is 2.17. The Morgan fingerprint density at radius 1 is 0.692 bits per heavy atom. The Morgan fingerprint density at radius 2 is 1.27 bits per heavy atom. The first-order valence-electron chi connectivity index (χ1n) is 10.4. The minimum absolute atomic E-state index is 0.695. The van der Waals surface area contributed by atoms with Gasteiger partial charge in [-0.2, -0.15) is 0 Å². The van der Waals surface area contributed by atoms with Crippen LogP contribution in [0.25, 0.3) is 21.5 Å². The van der Waals surface area contributed by atoms with Crippen LogP contribution in [0.1, 0.15) is 44.9 Å². The first-order chi connectivity index (χ1) is 12.9. The van der Waals surface area contributed by atoms with E-state index in [0.29, 0.717) is 6.04 Å². The van der Waals surface area contributed by atoms with Crippen molar-refractivity contribution in [3.8, 4) is 0 Å². The van der Waals surface area contributed by atoms with Gasteiger partial charge in [-0.1, -0.05) is 80.6 Å². The first-order valence-corrected chi connectivity index (χ1v) is 10.4. The standard InChI is InChI=1S/C24H28N2/c1-2-4-10-18(11-5-3-1)26-17-16-25-23-21-14-8-6-12-19(21)20-13-7-9-15-22(20)24(23)26/h6-9,12-15,18,25H,1-5,10-11,16-17H2. The van der Waals surface area contributed by atoms with Gasteiger partial charge in [0, 0.05) is 29.9 Å². The van der Waals surface area contributed by atoms with Gasteiger partial charge in [-0.15, -0.1) is 0 Å². The van der Waals surface area contributed by atoms with Crippen molar-refractivity contribution in [2.24, 2.45) is 0 Å². The molecule has 134 valence electrons. The van der Waals surface area contributed by atoms with Gasteiger partial charge in [0.25, 0.3) is 0 Å². The molecule has 1 heterocycles. The third kappa shape index (κ3) is 2.63. The van der Waals surface area contributed by atoms with Gasteiger partial charge >= 0.3 is 0 Å². The molecule has 2 nitrogen and oxygen atoms in total. The lowest BCUT2D eigenvalue weighted by molar-refractivity contribution is 0.430. The Kier molecular flexibility index (Phi) is 4.20. The van der Waals surface area contributed by atoms with E-state index in [1.165, 1.54) is 77.9 Å². The minimum atomic E-state index is 0.695. The number of fused-ring (bicyclic) bond motifs is 6. The van der Waals surface area contributed by atoms with E-state index in [-0.39, 0.29) is 0 Å². The normalized spacial score (nSPS) is 19.0. The zero-order valence-electron chi connectivity index (χ0n) is 15.5. The molecule has 2 aliphatic rings. The van der Waals surface area contributed by atoms with E-state index >= 15 is 0 Å². The van der Waals surface area contributed by atoms with Crippen molar-refractivity contribution in [1.29, 1.82) is 0 Å². The average Bonchev–Trinajstić information content (AvgIpc) is 2.68. The molecule has 0 atom stereocenters. The van der Waals surface area contributed by atoms with Crippen LogP contribution < -0.4 is 10.2 Å². The Labute approximate surface area is 156 Å². The second kappa shape index (κ2) is 6.83. The molecule has 0 aromatic heterocycles. The van der Waals surface area contributed by atoms with Crippen LogP contribution in [0, 0.1) is 0 Å². The van der Waals surface area contributed by atoms with Gasteiger partial charge in [-0.25, -0.2) is 0 Å². The Morgan fingerprint density at radius 3 is 2.00 bits per heavy atom. The van der Waals surface area contributed by atoms with E-state index in [2.05, 4.69) is 58.7 Å². The average molecular weight is 345 g/mol. The van der Waals surface area contributed by atoms with Gasteiger partial charge in [-0.3, -0.25) is 0 Å². The van der Waals surface area contributed by atoms with E-state index in [9.17, 15) is 0 Å². The highest BCUT2D eigenvalue weighted by Crippen LogP contribution is 2.45. The van der Waals surface area contributed by atoms with Crippen molar-refractivity contribution in [1.82, 2.24) is 0 Å². The predicted octanol–water partition coefficient (Wildman–Crippen LogP) is 6.34. The Bertz CT molecular complexity index is 922. The van der Waals surface area contributed by atoms with Crippen LogP contribution in [-0.4, -0.2) is 19.1 Å². The molecule has 3 aromatic carbocycles. The lowest BCUT2D eigenvalue weighted by Crippen LogP contribution is -2.42. The molecule has 2 heteroatoms. The van der Waals surface area contributed by atoms with Crippen LogP contribution in [0.4, 0.5) is 11.4 Å². The number of benzene rings is 3. The van der Waals surface area contributed by atoms with Crippen molar-refractivity contribution in [2.45, 2.75) is 51.0 Å². The zero-order valence-corrected chi connectivity index (χ0v) is 15.5. The van der Waals surface area contributed by atoms with Crippen molar-refractivity contribution >= 4 is 32.9 Å². The van der Waals surface area contributed by atoms with Gasteiger partial charge < -0.3 is 10.2 Å². The Hall–Kier alpha value is -2.22. The van der Waals surface area contributed by atoms with Gasteiger partial charge in [0.2, 0.25) is 0 Å². The number of anilines is 2. The van der Waals surface area contributed by atoms with E-state index in [0.717, 1.165) is 13.1 Å². The van der Waals surface area contributed by atoms with Crippen LogP contribution in [0.5, 0.6) is 0 Å². The van der Waals surface area contributed by atoms with Crippen LogP contribution >= 0.6 is 0 Å². The number of nitrogens with zero attached hydrogens (tertiary/aromatic N) is 1. The summed E-state index contributed by atoms with van der Waals surface area (Å²) >= 11 is 0. The molecule has 1 aliphatic heterocycles. The highest BCUT2D eigenvalue weighted by molar-refractivity contribution is 6.20. The van der Waals surface area contributed by atoms with Gasteiger partial charge in [0.1, 0.15) is 0 Å². The van der Waals surface area contributed by atoms with E-state index in [1.807, 2.05) is 0 Å².